The lowest BCUT2D eigenvalue weighted by atomic mass is 9.82. The number of hydrogen-bond donors (Lipinski definition) is 1. The summed E-state index contributed by atoms with van der Waals surface area (Å²) in [5, 5.41) is 2.84. The maximum Gasteiger partial charge on any atom is 0.387 e. The highest BCUT2D eigenvalue weighted by atomic mass is 19.3. The smallest absolute Gasteiger partial charge is 0.387 e. The maximum absolute atomic E-state index is 12.3. The molecule has 0 radical (unpaired) electrons. The Balaban J connectivity index is 2.26. The van der Waals surface area contributed by atoms with Gasteiger partial charge in [0.2, 0.25) is 5.91 Å². The van der Waals surface area contributed by atoms with Crippen molar-refractivity contribution in [1.29, 1.82) is 0 Å². The minimum Gasteiger partial charge on any atom is -0.435 e. The number of hydrogen-bond acceptors (Lipinski definition) is 2. The number of halogens is 2. The predicted octanol–water partition coefficient (Wildman–Crippen LogP) is 4.54. The molecule has 21 heavy (non-hydrogen) atoms. The van der Waals surface area contributed by atoms with Crippen molar-refractivity contribution in [2.24, 2.45) is 5.92 Å². The van der Waals surface area contributed by atoms with Crippen LogP contribution in [0.5, 0.6) is 5.75 Å². The molecule has 0 aromatic heterocycles. The molecular formula is C16H21F2NO2. The highest BCUT2D eigenvalue weighted by Gasteiger charge is 2.36. The molecule has 1 heterocycles. The Kier molecular flexibility index (Phi) is 5.15. The molecule has 2 rings (SSSR count). The van der Waals surface area contributed by atoms with E-state index < -0.39 is 6.61 Å². The SMILES string of the molecule is CCCCC(CC)C1C(=O)Nc2ccc(OC(F)F)cc21. The summed E-state index contributed by atoms with van der Waals surface area (Å²) in [5.74, 6) is 0.0310. The zero-order valence-electron chi connectivity index (χ0n) is 12.4. The molecule has 3 nitrogen and oxygen atoms in total. The fourth-order valence-electron chi connectivity index (χ4n) is 2.98. The lowest BCUT2D eigenvalue weighted by Gasteiger charge is -2.21. The van der Waals surface area contributed by atoms with Gasteiger partial charge in [-0.05, 0) is 36.1 Å². The van der Waals surface area contributed by atoms with Gasteiger partial charge in [-0.15, -0.1) is 0 Å². The Bertz CT molecular complexity index is 505. The van der Waals surface area contributed by atoms with Crippen molar-refractivity contribution in [2.75, 3.05) is 5.32 Å². The van der Waals surface area contributed by atoms with Crippen LogP contribution in [0.3, 0.4) is 0 Å². The van der Waals surface area contributed by atoms with Gasteiger partial charge in [-0.3, -0.25) is 4.79 Å². The normalized spacial score (nSPS) is 18.5. The fourth-order valence-corrected chi connectivity index (χ4v) is 2.98. The molecular weight excluding hydrogens is 276 g/mol. The number of unbranched alkanes of at least 4 members (excludes halogenated alkanes) is 1. The third kappa shape index (κ3) is 3.52. The second-order valence-corrected chi connectivity index (χ2v) is 5.41. The van der Waals surface area contributed by atoms with Crippen molar-refractivity contribution < 1.29 is 18.3 Å². The van der Waals surface area contributed by atoms with Crippen molar-refractivity contribution in [1.82, 2.24) is 0 Å². The van der Waals surface area contributed by atoms with Gasteiger partial charge in [0, 0.05) is 5.69 Å². The summed E-state index contributed by atoms with van der Waals surface area (Å²) in [6, 6.07) is 4.66. The van der Waals surface area contributed by atoms with Crippen molar-refractivity contribution in [3.05, 3.63) is 23.8 Å². The second-order valence-electron chi connectivity index (χ2n) is 5.41. The third-order valence-corrected chi connectivity index (χ3v) is 4.05. The summed E-state index contributed by atoms with van der Waals surface area (Å²) < 4.78 is 29.1. The summed E-state index contributed by atoms with van der Waals surface area (Å²) in [6.45, 7) is 1.32. The van der Waals surface area contributed by atoms with Crippen LogP contribution in [-0.2, 0) is 4.79 Å². The molecule has 2 atom stereocenters. The quantitative estimate of drug-likeness (QED) is 0.802. The molecule has 116 valence electrons. The first kappa shape index (κ1) is 15.7. The lowest BCUT2D eigenvalue weighted by Crippen LogP contribution is -2.20. The molecule has 1 aliphatic heterocycles. The van der Waals surface area contributed by atoms with E-state index in [1.165, 1.54) is 6.07 Å². The highest BCUT2D eigenvalue weighted by molar-refractivity contribution is 6.03. The Morgan fingerprint density at radius 1 is 1.33 bits per heavy atom. The van der Waals surface area contributed by atoms with E-state index in [9.17, 15) is 13.6 Å². The molecule has 1 aromatic carbocycles. The monoisotopic (exact) mass is 297 g/mol. The fraction of sp³-hybridized carbons (Fsp3) is 0.562. The zero-order valence-corrected chi connectivity index (χ0v) is 12.4. The van der Waals surface area contributed by atoms with Crippen LogP contribution >= 0.6 is 0 Å². The van der Waals surface area contributed by atoms with E-state index in [4.69, 9.17) is 0 Å². The van der Waals surface area contributed by atoms with E-state index in [0.717, 1.165) is 31.2 Å². The predicted molar refractivity (Wildman–Crippen MR) is 77.8 cm³/mol. The van der Waals surface area contributed by atoms with E-state index in [-0.39, 0.29) is 23.5 Å². The van der Waals surface area contributed by atoms with Gasteiger partial charge in [-0.2, -0.15) is 8.78 Å². The molecule has 1 aromatic rings. The molecule has 1 amide bonds. The number of nitrogens with one attached hydrogen (secondary N) is 1. The zero-order chi connectivity index (χ0) is 15.4. The average molecular weight is 297 g/mol. The minimum absolute atomic E-state index is 0.0397. The number of rotatable bonds is 7. The van der Waals surface area contributed by atoms with Crippen LogP contribution in [0, 0.1) is 5.92 Å². The van der Waals surface area contributed by atoms with E-state index in [0.29, 0.717) is 5.69 Å². The van der Waals surface area contributed by atoms with Crippen molar-refractivity contribution in [2.45, 2.75) is 52.1 Å². The number of carbonyl (C=O) groups excluding carboxylic acids is 1. The number of ether oxygens (including phenoxy) is 1. The molecule has 0 saturated heterocycles. The third-order valence-electron chi connectivity index (χ3n) is 4.05. The van der Waals surface area contributed by atoms with E-state index >= 15 is 0 Å². The van der Waals surface area contributed by atoms with Crippen LogP contribution in [-0.4, -0.2) is 12.5 Å². The van der Waals surface area contributed by atoms with Crippen LogP contribution in [0.2, 0.25) is 0 Å². The number of fused-ring (bicyclic) bond motifs is 1. The number of carbonyl (C=O) groups is 1. The summed E-state index contributed by atoms with van der Waals surface area (Å²) in [6.07, 6.45) is 3.99. The molecule has 2 unspecified atom stereocenters. The van der Waals surface area contributed by atoms with E-state index in [1.54, 1.807) is 12.1 Å². The summed E-state index contributed by atoms with van der Waals surface area (Å²) in [7, 11) is 0. The van der Waals surface area contributed by atoms with Gasteiger partial charge in [0.25, 0.3) is 0 Å². The van der Waals surface area contributed by atoms with Crippen molar-refractivity contribution in [3.8, 4) is 5.75 Å². The van der Waals surface area contributed by atoms with Gasteiger partial charge in [-0.1, -0.05) is 33.1 Å². The van der Waals surface area contributed by atoms with Gasteiger partial charge in [0.05, 0.1) is 5.92 Å². The molecule has 0 bridgehead atoms. The Hall–Kier alpha value is -1.65. The van der Waals surface area contributed by atoms with Gasteiger partial charge in [-0.25, -0.2) is 0 Å². The molecule has 0 aliphatic carbocycles. The Morgan fingerprint density at radius 3 is 2.71 bits per heavy atom. The van der Waals surface area contributed by atoms with Gasteiger partial charge >= 0.3 is 6.61 Å². The average Bonchev–Trinajstić information content (AvgIpc) is 2.75. The highest BCUT2D eigenvalue weighted by Crippen LogP contribution is 2.42. The first-order valence-electron chi connectivity index (χ1n) is 7.46. The van der Waals surface area contributed by atoms with Crippen LogP contribution < -0.4 is 10.1 Å². The van der Waals surface area contributed by atoms with E-state index in [2.05, 4.69) is 23.9 Å². The van der Waals surface area contributed by atoms with Crippen LogP contribution in [0.15, 0.2) is 18.2 Å². The van der Waals surface area contributed by atoms with E-state index in [1.807, 2.05) is 0 Å². The summed E-state index contributed by atoms with van der Waals surface area (Å²) >= 11 is 0. The Labute approximate surface area is 123 Å². The second kappa shape index (κ2) is 6.87. The lowest BCUT2D eigenvalue weighted by molar-refractivity contribution is -0.118. The first-order valence-corrected chi connectivity index (χ1v) is 7.46. The topological polar surface area (TPSA) is 38.3 Å². The molecule has 0 saturated carbocycles. The van der Waals surface area contributed by atoms with Crippen molar-refractivity contribution in [3.63, 3.8) is 0 Å². The number of amides is 1. The molecule has 0 spiro atoms. The van der Waals surface area contributed by atoms with Crippen molar-refractivity contribution >= 4 is 11.6 Å². The maximum atomic E-state index is 12.3. The minimum atomic E-state index is -2.85. The first-order chi connectivity index (χ1) is 10.1. The number of alkyl halides is 2. The molecule has 5 heteroatoms. The molecule has 1 N–H and O–H groups in total. The molecule has 0 fully saturated rings. The number of benzene rings is 1. The van der Waals surface area contributed by atoms with Gasteiger partial charge in [0.1, 0.15) is 5.75 Å². The summed E-state index contributed by atoms with van der Waals surface area (Å²) in [4.78, 5) is 12.2. The van der Waals surface area contributed by atoms with Gasteiger partial charge in [0.15, 0.2) is 0 Å². The standard InChI is InChI=1S/C16H21F2NO2/c1-3-5-6-10(4-2)14-12-9-11(21-16(17)18)7-8-13(12)19-15(14)20/h7-10,14,16H,3-6H2,1-2H3,(H,19,20). The Morgan fingerprint density at radius 2 is 2.10 bits per heavy atom. The number of anilines is 1. The van der Waals surface area contributed by atoms with Gasteiger partial charge < -0.3 is 10.1 Å². The van der Waals surface area contributed by atoms with Crippen LogP contribution in [0.25, 0.3) is 0 Å². The molecule has 1 aliphatic rings. The van der Waals surface area contributed by atoms with Crippen LogP contribution in [0.4, 0.5) is 14.5 Å². The summed E-state index contributed by atoms with van der Waals surface area (Å²) in [5.41, 5.74) is 1.49. The largest absolute Gasteiger partial charge is 0.435 e. The van der Waals surface area contributed by atoms with Crippen LogP contribution in [0.1, 0.15) is 51.0 Å².